The van der Waals surface area contributed by atoms with Gasteiger partial charge in [-0.15, -0.1) is 0 Å². The second-order valence-electron chi connectivity index (χ2n) is 4.40. The Morgan fingerprint density at radius 2 is 2.14 bits per heavy atom. The monoisotopic (exact) mass is 287 g/mol. The summed E-state index contributed by atoms with van der Waals surface area (Å²) in [6.07, 6.45) is 2.76. The molecule has 3 aromatic rings. The zero-order chi connectivity index (χ0) is 15.0. The van der Waals surface area contributed by atoms with Gasteiger partial charge in [-0.2, -0.15) is 9.49 Å². The Kier molecular flexibility index (Phi) is 3.02. The summed E-state index contributed by atoms with van der Waals surface area (Å²) in [5.74, 6) is -1.36. The number of carboxylic acid groups (broad SMARTS) is 1. The van der Waals surface area contributed by atoms with E-state index >= 15 is 0 Å². The van der Waals surface area contributed by atoms with Crippen molar-refractivity contribution < 1.29 is 19.0 Å². The van der Waals surface area contributed by atoms with Crippen molar-refractivity contribution in [2.45, 2.75) is 0 Å². The molecule has 3 rings (SSSR count). The van der Waals surface area contributed by atoms with E-state index in [9.17, 15) is 14.3 Å². The Labute approximate surface area is 118 Å². The van der Waals surface area contributed by atoms with Crippen LogP contribution >= 0.6 is 0 Å². The number of fused-ring (bicyclic) bond motifs is 1. The number of halogens is 1. The van der Waals surface area contributed by atoms with E-state index in [1.54, 1.807) is 24.0 Å². The first kappa shape index (κ1) is 13.0. The molecular formula is C14H10FN3O3. The van der Waals surface area contributed by atoms with Crippen LogP contribution in [0.2, 0.25) is 0 Å². The molecule has 0 aliphatic heterocycles. The quantitative estimate of drug-likeness (QED) is 0.749. The van der Waals surface area contributed by atoms with Gasteiger partial charge in [-0.25, -0.2) is 9.78 Å². The van der Waals surface area contributed by atoms with Crippen molar-refractivity contribution in [1.82, 2.24) is 14.8 Å². The number of aromatic nitrogens is 3. The van der Waals surface area contributed by atoms with Crippen molar-refractivity contribution in [3.05, 3.63) is 48.2 Å². The topological polar surface area (TPSA) is 77.2 Å². The maximum atomic E-state index is 12.8. The molecular weight excluding hydrogens is 277 g/mol. The van der Waals surface area contributed by atoms with E-state index < -0.39 is 11.9 Å². The number of hydrogen-bond donors (Lipinski definition) is 1. The van der Waals surface area contributed by atoms with Crippen molar-refractivity contribution in [2.24, 2.45) is 7.05 Å². The van der Waals surface area contributed by atoms with E-state index in [0.717, 1.165) is 11.6 Å². The summed E-state index contributed by atoms with van der Waals surface area (Å²) in [6.45, 7) is 0. The Morgan fingerprint density at radius 3 is 2.81 bits per heavy atom. The van der Waals surface area contributed by atoms with Crippen LogP contribution in [0.1, 0.15) is 10.4 Å². The molecule has 0 radical (unpaired) electrons. The van der Waals surface area contributed by atoms with Gasteiger partial charge < -0.3 is 9.84 Å². The molecule has 1 aromatic carbocycles. The molecule has 1 N–H and O–H groups in total. The normalized spacial score (nSPS) is 10.8. The van der Waals surface area contributed by atoms with Gasteiger partial charge in [-0.1, -0.05) is 0 Å². The summed E-state index contributed by atoms with van der Waals surface area (Å²) >= 11 is 0. The Bertz CT molecular complexity index is 827. The highest BCUT2D eigenvalue weighted by molar-refractivity contribution is 5.96. The summed E-state index contributed by atoms with van der Waals surface area (Å²) < 4.78 is 19.9. The molecule has 7 heteroatoms. The van der Waals surface area contributed by atoms with Crippen LogP contribution in [-0.4, -0.2) is 25.8 Å². The summed E-state index contributed by atoms with van der Waals surface area (Å²) in [6, 6.07) is 5.58. The fraction of sp³-hybridized carbons (Fsp3) is 0.0714. The van der Waals surface area contributed by atoms with Crippen LogP contribution in [0.4, 0.5) is 4.39 Å². The van der Waals surface area contributed by atoms with Crippen LogP contribution < -0.4 is 4.74 Å². The fourth-order valence-electron chi connectivity index (χ4n) is 1.98. The summed E-state index contributed by atoms with van der Waals surface area (Å²) in [7, 11) is 1.74. The summed E-state index contributed by atoms with van der Waals surface area (Å²) in [4.78, 5) is 14.8. The molecule has 0 aliphatic rings. The Morgan fingerprint density at radius 1 is 1.33 bits per heavy atom. The molecule has 0 spiro atoms. The second kappa shape index (κ2) is 4.86. The molecule has 106 valence electrons. The van der Waals surface area contributed by atoms with E-state index in [1.165, 1.54) is 18.3 Å². The number of aromatic carboxylic acids is 1. The predicted octanol–water partition coefficient (Wildman–Crippen LogP) is 2.60. The number of hydrogen-bond acceptors (Lipinski definition) is 4. The number of carboxylic acids is 1. The molecule has 0 fully saturated rings. The number of nitrogens with zero attached hydrogens (tertiary/aromatic N) is 3. The zero-order valence-electron chi connectivity index (χ0n) is 10.9. The van der Waals surface area contributed by atoms with E-state index in [1.807, 2.05) is 0 Å². The Hall–Kier alpha value is -2.96. The molecule has 0 saturated heterocycles. The summed E-state index contributed by atoms with van der Waals surface area (Å²) in [5, 5.41) is 14.0. The van der Waals surface area contributed by atoms with Crippen LogP contribution in [0.25, 0.3) is 10.9 Å². The van der Waals surface area contributed by atoms with Crippen molar-refractivity contribution in [3.63, 3.8) is 0 Å². The minimum atomic E-state index is -1.12. The largest absolute Gasteiger partial charge is 0.478 e. The lowest BCUT2D eigenvalue weighted by atomic mass is 10.1. The van der Waals surface area contributed by atoms with Gasteiger partial charge in [0.05, 0.1) is 17.9 Å². The standard InChI is InChI=1S/C14H10FN3O3/c1-18-11-5-12(21-9-2-3-13(15)16-7-9)10(14(19)20)4-8(11)6-17-18/h2-7H,1H3,(H,19,20). The maximum absolute atomic E-state index is 12.8. The van der Waals surface area contributed by atoms with Crippen molar-refractivity contribution in [2.75, 3.05) is 0 Å². The number of aryl methyl sites for hydroxylation is 1. The average Bonchev–Trinajstić information content (AvgIpc) is 2.81. The molecule has 0 bridgehead atoms. The van der Waals surface area contributed by atoms with E-state index in [2.05, 4.69) is 10.1 Å². The van der Waals surface area contributed by atoms with Crippen LogP contribution in [0.3, 0.4) is 0 Å². The summed E-state index contributed by atoms with van der Waals surface area (Å²) in [5.41, 5.74) is 0.727. The molecule has 2 aromatic heterocycles. The van der Waals surface area contributed by atoms with Gasteiger partial charge >= 0.3 is 5.97 Å². The minimum absolute atomic E-state index is 0.000162. The van der Waals surface area contributed by atoms with E-state index in [4.69, 9.17) is 4.74 Å². The third-order valence-corrected chi connectivity index (χ3v) is 3.01. The highest BCUT2D eigenvalue weighted by Gasteiger charge is 2.15. The van der Waals surface area contributed by atoms with Gasteiger partial charge in [0.1, 0.15) is 17.1 Å². The molecule has 0 unspecified atom stereocenters. The van der Waals surface area contributed by atoms with E-state index in [-0.39, 0.29) is 17.1 Å². The van der Waals surface area contributed by atoms with Crippen LogP contribution in [0, 0.1) is 5.95 Å². The lowest BCUT2D eigenvalue weighted by Gasteiger charge is -2.09. The predicted molar refractivity (Wildman–Crippen MR) is 71.9 cm³/mol. The van der Waals surface area contributed by atoms with Gasteiger partial charge in [0.15, 0.2) is 0 Å². The van der Waals surface area contributed by atoms with E-state index in [0.29, 0.717) is 5.39 Å². The third-order valence-electron chi connectivity index (χ3n) is 3.01. The molecule has 21 heavy (non-hydrogen) atoms. The number of pyridine rings is 1. The molecule has 0 atom stereocenters. The number of ether oxygens (including phenoxy) is 1. The highest BCUT2D eigenvalue weighted by atomic mass is 19.1. The number of rotatable bonds is 3. The number of benzene rings is 1. The van der Waals surface area contributed by atoms with Crippen molar-refractivity contribution in [3.8, 4) is 11.5 Å². The van der Waals surface area contributed by atoms with Gasteiger partial charge in [0, 0.05) is 18.5 Å². The molecule has 0 saturated carbocycles. The lowest BCUT2D eigenvalue weighted by Crippen LogP contribution is -2.01. The maximum Gasteiger partial charge on any atom is 0.339 e. The lowest BCUT2D eigenvalue weighted by molar-refractivity contribution is 0.0694. The average molecular weight is 287 g/mol. The molecule has 0 aliphatic carbocycles. The molecule has 6 nitrogen and oxygen atoms in total. The minimum Gasteiger partial charge on any atom is -0.478 e. The van der Waals surface area contributed by atoms with Crippen LogP contribution in [-0.2, 0) is 7.05 Å². The highest BCUT2D eigenvalue weighted by Crippen LogP contribution is 2.29. The smallest absolute Gasteiger partial charge is 0.339 e. The first-order valence-electron chi connectivity index (χ1n) is 6.03. The van der Waals surface area contributed by atoms with Gasteiger partial charge in [-0.05, 0) is 18.2 Å². The Balaban J connectivity index is 2.10. The van der Waals surface area contributed by atoms with Crippen molar-refractivity contribution >= 4 is 16.9 Å². The van der Waals surface area contributed by atoms with Gasteiger partial charge in [-0.3, -0.25) is 4.68 Å². The number of carbonyl (C=O) groups is 1. The first-order valence-corrected chi connectivity index (χ1v) is 6.03. The molecule has 0 amide bonds. The fourth-order valence-corrected chi connectivity index (χ4v) is 1.98. The van der Waals surface area contributed by atoms with Crippen LogP contribution in [0.15, 0.2) is 36.7 Å². The molecule has 2 heterocycles. The van der Waals surface area contributed by atoms with Crippen molar-refractivity contribution in [1.29, 1.82) is 0 Å². The zero-order valence-corrected chi connectivity index (χ0v) is 10.9. The third kappa shape index (κ3) is 2.40. The SMILES string of the molecule is Cn1ncc2cc(C(=O)O)c(Oc3ccc(F)nc3)cc21. The van der Waals surface area contributed by atoms with Gasteiger partial charge in [0.2, 0.25) is 5.95 Å². The van der Waals surface area contributed by atoms with Crippen LogP contribution in [0.5, 0.6) is 11.5 Å². The first-order chi connectivity index (χ1) is 10.0. The second-order valence-corrected chi connectivity index (χ2v) is 4.40. The van der Waals surface area contributed by atoms with Gasteiger partial charge in [0.25, 0.3) is 0 Å².